The summed E-state index contributed by atoms with van der Waals surface area (Å²) in [6, 6.07) is 10.9. The van der Waals surface area contributed by atoms with E-state index in [-0.39, 0.29) is 38.2 Å². The van der Waals surface area contributed by atoms with Crippen LogP contribution in [-0.2, 0) is 32.0 Å². The molecule has 0 saturated heterocycles. The molecule has 0 radical (unpaired) electrons. The number of guanidine groups is 1. The van der Waals surface area contributed by atoms with Gasteiger partial charge in [-0.05, 0) is 61.0 Å². The number of carbonyl (C=O) groups is 4. The average molecular weight is 678 g/mol. The normalized spacial score (nSPS) is 13.7. The van der Waals surface area contributed by atoms with Crippen LogP contribution in [0, 0.1) is 0 Å². The maximum atomic E-state index is 13.8. The maximum absolute atomic E-state index is 13.8. The summed E-state index contributed by atoms with van der Waals surface area (Å²) in [7, 11) is 0. The van der Waals surface area contributed by atoms with Crippen molar-refractivity contribution in [3.05, 3.63) is 72.1 Å². The third kappa shape index (κ3) is 9.75. The molecule has 0 fully saturated rings. The molecule has 0 spiro atoms. The second kappa shape index (κ2) is 17.2. The Bertz CT molecular complexity index is 1750. The number of carboxylic acids is 1. The van der Waals surface area contributed by atoms with Crippen LogP contribution in [0.25, 0.3) is 21.8 Å². The highest BCUT2D eigenvalue weighted by Gasteiger charge is 2.31. The number of nitrogens with one attached hydrogen (secondary N) is 5. The first-order valence-electron chi connectivity index (χ1n) is 15.6. The number of aliphatic carboxylic acids is 1. The molecule has 4 unspecified atom stereocenters. The van der Waals surface area contributed by atoms with Gasteiger partial charge in [-0.25, -0.2) is 4.79 Å². The molecular formula is C33H43N9O5S. The highest BCUT2D eigenvalue weighted by atomic mass is 32.2. The number of carboxylic acid groups (broad SMARTS) is 1. The number of nitrogens with zero attached hydrogens (tertiary/aromatic N) is 1. The summed E-state index contributed by atoms with van der Waals surface area (Å²) in [5.74, 6) is -2.59. The van der Waals surface area contributed by atoms with Gasteiger partial charge >= 0.3 is 5.97 Å². The van der Waals surface area contributed by atoms with E-state index >= 15 is 0 Å². The van der Waals surface area contributed by atoms with Gasteiger partial charge in [0.1, 0.15) is 18.1 Å². The van der Waals surface area contributed by atoms with Crippen LogP contribution in [0.3, 0.4) is 0 Å². The van der Waals surface area contributed by atoms with E-state index in [1.165, 1.54) is 11.8 Å². The predicted molar refractivity (Wildman–Crippen MR) is 188 cm³/mol. The molecule has 0 saturated carbocycles. The maximum Gasteiger partial charge on any atom is 0.326 e. The summed E-state index contributed by atoms with van der Waals surface area (Å²) >= 11 is 1.50. The fourth-order valence-corrected chi connectivity index (χ4v) is 5.92. The third-order valence-corrected chi connectivity index (χ3v) is 8.63. The van der Waals surface area contributed by atoms with E-state index in [2.05, 4.69) is 30.9 Å². The monoisotopic (exact) mass is 677 g/mol. The molecule has 256 valence electrons. The van der Waals surface area contributed by atoms with E-state index < -0.39 is 47.9 Å². The first kappa shape index (κ1) is 35.8. The largest absolute Gasteiger partial charge is 0.480 e. The predicted octanol–water partition coefficient (Wildman–Crippen LogP) is 1.11. The number of hydrogen-bond acceptors (Lipinski definition) is 7. The smallest absolute Gasteiger partial charge is 0.326 e. The Morgan fingerprint density at radius 2 is 1.33 bits per heavy atom. The molecule has 3 amide bonds. The van der Waals surface area contributed by atoms with Crippen LogP contribution in [0.1, 0.15) is 30.4 Å². The van der Waals surface area contributed by atoms with Crippen LogP contribution in [0.5, 0.6) is 0 Å². The minimum absolute atomic E-state index is 0.0607. The summed E-state index contributed by atoms with van der Waals surface area (Å²) < 4.78 is 0. The minimum Gasteiger partial charge on any atom is -0.480 e. The zero-order chi connectivity index (χ0) is 34.6. The number of benzene rings is 2. The summed E-state index contributed by atoms with van der Waals surface area (Å²) in [6.07, 6.45) is 6.40. The van der Waals surface area contributed by atoms with Crippen LogP contribution >= 0.6 is 11.8 Å². The number of rotatable bonds is 18. The fraction of sp³-hybridized carbons (Fsp3) is 0.364. The van der Waals surface area contributed by atoms with Gasteiger partial charge in [-0.1, -0.05) is 36.4 Å². The molecule has 4 atom stereocenters. The number of carbonyl (C=O) groups excluding carboxylic acids is 3. The summed E-state index contributed by atoms with van der Waals surface area (Å²) in [5.41, 5.74) is 20.4. The fourth-order valence-electron chi connectivity index (χ4n) is 5.45. The number of aliphatic imine (C=N–C) groups is 1. The second-order valence-corrected chi connectivity index (χ2v) is 12.5. The first-order chi connectivity index (χ1) is 23.1. The van der Waals surface area contributed by atoms with Gasteiger partial charge in [0.25, 0.3) is 0 Å². The zero-order valence-corrected chi connectivity index (χ0v) is 27.5. The van der Waals surface area contributed by atoms with Crippen molar-refractivity contribution < 1.29 is 24.3 Å². The number of aromatic nitrogens is 2. The van der Waals surface area contributed by atoms with Crippen molar-refractivity contribution in [3.8, 4) is 0 Å². The summed E-state index contributed by atoms with van der Waals surface area (Å²) in [6.45, 7) is 0.191. The van der Waals surface area contributed by atoms with Crippen LogP contribution < -0.4 is 33.2 Å². The van der Waals surface area contributed by atoms with Gasteiger partial charge in [0, 0.05) is 47.2 Å². The number of fused-ring (bicyclic) bond motifs is 2. The number of amides is 3. The summed E-state index contributed by atoms with van der Waals surface area (Å²) in [4.78, 5) is 63.0. The Kier molecular flexibility index (Phi) is 12.9. The molecule has 2 aromatic heterocycles. The van der Waals surface area contributed by atoms with Gasteiger partial charge in [0.05, 0.1) is 6.04 Å². The second-order valence-electron chi connectivity index (χ2n) is 11.5. The molecule has 2 heterocycles. The molecular weight excluding hydrogens is 634 g/mol. The topological polar surface area (TPSA) is 247 Å². The van der Waals surface area contributed by atoms with Crippen molar-refractivity contribution in [2.75, 3.05) is 18.6 Å². The lowest BCUT2D eigenvalue weighted by Crippen LogP contribution is -2.57. The molecule has 2 aromatic carbocycles. The van der Waals surface area contributed by atoms with Crippen LogP contribution in [0.15, 0.2) is 65.9 Å². The van der Waals surface area contributed by atoms with Crippen molar-refractivity contribution in [2.24, 2.45) is 22.2 Å². The lowest BCUT2D eigenvalue weighted by molar-refractivity contribution is -0.142. The molecule has 15 heteroatoms. The Labute approximate surface area is 282 Å². The van der Waals surface area contributed by atoms with Gasteiger partial charge in [-0.3, -0.25) is 19.4 Å². The van der Waals surface area contributed by atoms with Crippen molar-refractivity contribution in [1.29, 1.82) is 0 Å². The van der Waals surface area contributed by atoms with E-state index in [0.717, 1.165) is 32.9 Å². The van der Waals surface area contributed by atoms with E-state index in [1.807, 2.05) is 61.0 Å². The van der Waals surface area contributed by atoms with Crippen molar-refractivity contribution in [2.45, 2.75) is 56.3 Å². The Hall–Kier alpha value is -5.02. The number of para-hydroxylation sites is 2. The minimum atomic E-state index is -1.25. The highest BCUT2D eigenvalue weighted by Crippen LogP contribution is 2.20. The Morgan fingerprint density at radius 3 is 1.92 bits per heavy atom. The molecule has 12 N–H and O–H groups in total. The SMILES string of the molecule is CSCCC(NC(=O)C(N)Cc1c[nH]c2ccccc12)C(=O)NC(Cc1c[nH]c2ccccc12)C(=O)NC(CCCN=C(N)N)C(=O)O. The van der Waals surface area contributed by atoms with Crippen molar-refractivity contribution in [3.63, 3.8) is 0 Å². The average Bonchev–Trinajstić information content (AvgIpc) is 3.67. The quantitative estimate of drug-likeness (QED) is 0.0415. The Balaban J connectivity index is 1.51. The van der Waals surface area contributed by atoms with Crippen LogP contribution in [-0.4, -0.2) is 87.4 Å². The molecule has 4 aromatic rings. The first-order valence-corrected chi connectivity index (χ1v) is 17.0. The molecule has 4 rings (SSSR count). The summed E-state index contributed by atoms with van der Waals surface area (Å²) in [5, 5.41) is 19.8. The third-order valence-electron chi connectivity index (χ3n) is 7.99. The standard InChI is InChI=1S/C33H43N9O5S/c1-48-14-12-26(40-29(43)23(34)15-19-17-38-24-9-4-2-7-21(19)24)30(44)42-28(16-20-18-39-25-10-5-3-8-22(20)25)31(45)41-27(32(46)47)11-6-13-37-33(35)36/h2-5,7-10,17-18,23,26-28,38-39H,6,11-16,34H2,1H3,(H,40,43)(H,41,45)(H,42,44)(H,46,47)(H4,35,36,37). The van der Waals surface area contributed by atoms with Gasteiger partial charge in [-0.15, -0.1) is 0 Å². The molecule has 0 bridgehead atoms. The number of nitrogens with two attached hydrogens (primary N) is 3. The number of thioether (sulfide) groups is 1. The van der Waals surface area contributed by atoms with E-state index in [0.29, 0.717) is 12.2 Å². The van der Waals surface area contributed by atoms with E-state index in [9.17, 15) is 24.3 Å². The number of hydrogen-bond donors (Lipinski definition) is 9. The zero-order valence-electron chi connectivity index (χ0n) is 26.7. The molecule has 14 nitrogen and oxygen atoms in total. The molecule has 48 heavy (non-hydrogen) atoms. The number of aromatic amines is 2. The van der Waals surface area contributed by atoms with Crippen molar-refractivity contribution in [1.82, 2.24) is 25.9 Å². The van der Waals surface area contributed by atoms with Gasteiger partial charge < -0.3 is 48.2 Å². The van der Waals surface area contributed by atoms with Crippen LogP contribution in [0.4, 0.5) is 0 Å². The lowest BCUT2D eigenvalue weighted by Gasteiger charge is -2.25. The molecule has 0 aliphatic heterocycles. The van der Waals surface area contributed by atoms with E-state index in [1.54, 1.807) is 6.20 Å². The van der Waals surface area contributed by atoms with Gasteiger partial charge in [-0.2, -0.15) is 11.8 Å². The van der Waals surface area contributed by atoms with Gasteiger partial charge in [0.2, 0.25) is 17.7 Å². The number of H-pyrrole nitrogens is 2. The molecule has 0 aliphatic rings. The van der Waals surface area contributed by atoms with Crippen LogP contribution in [0.2, 0.25) is 0 Å². The van der Waals surface area contributed by atoms with Crippen molar-refractivity contribution >= 4 is 63.2 Å². The van der Waals surface area contributed by atoms with E-state index in [4.69, 9.17) is 17.2 Å². The van der Waals surface area contributed by atoms with Gasteiger partial charge in [0.15, 0.2) is 5.96 Å². The lowest BCUT2D eigenvalue weighted by atomic mass is 10.0. The Morgan fingerprint density at radius 1 is 0.792 bits per heavy atom. The molecule has 0 aliphatic carbocycles. The highest BCUT2D eigenvalue weighted by molar-refractivity contribution is 7.98.